The van der Waals surface area contributed by atoms with Gasteiger partial charge in [-0.05, 0) is 72.3 Å². The van der Waals surface area contributed by atoms with E-state index >= 15 is 4.11 Å². The molecule has 0 radical (unpaired) electrons. The molecule has 2 rings (SSSR count). The van der Waals surface area contributed by atoms with E-state index in [1.54, 1.807) is 0 Å². The number of urea groups is 1. The first-order valence-corrected chi connectivity index (χ1v) is 33.3. The molecule has 0 aromatic heterocycles. The van der Waals surface area contributed by atoms with Gasteiger partial charge in [0.2, 0.25) is 29.5 Å². The highest BCUT2D eigenvalue weighted by Crippen LogP contribution is 2.51. The zero-order chi connectivity index (χ0) is 73.4. The molecule has 1 fully saturated rings. The van der Waals surface area contributed by atoms with Crippen molar-refractivity contribution in [3.8, 4) is 0 Å². The number of carboxylic acids is 8. The van der Waals surface area contributed by atoms with E-state index in [-0.39, 0.29) is 116 Å². The lowest BCUT2D eigenvalue weighted by molar-refractivity contribution is -0.308. The third-order valence-electron chi connectivity index (χ3n) is 15.7. The van der Waals surface area contributed by atoms with Crippen LogP contribution in [0.25, 0.3) is 0 Å². The molecule has 1 aliphatic heterocycles. The van der Waals surface area contributed by atoms with Gasteiger partial charge in [0.05, 0.1) is 24.5 Å². The summed E-state index contributed by atoms with van der Waals surface area (Å²) in [6.45, 7) is 7.97. The van der Waals surface area contributed by atoms with Gasteiger partial charge >= 0.3 is 35.9 Å². The van der Waals surface area contributed by atoms with Crippen LogP contribution in [0.3, 0.4) is 0 Å². The summed E-state index contributed by atoms with van der Waals surface area (Å²) in [6, 6.07) is -3.53. The van der Waals surface area contributed by atoms with Gasteiger partial charge in [0.1, 0.15) is 30.2 Å². The molecule has 35 nitrogen and oxygen atoms in total. The molecule has 1 heterocycles. The third kappa shape index (κ3) is 32.1. The van der Waals surface area contributed by atoms with E-state index in [9.17, 15) is 108 Å². The van der Waals surface area contributed by atoms with Crippen LogP contribution in [0.2, 0.25) is 10.1 Å². The topological polar surface area (TPSA) is 536 Å². The number of rotatable bonds is 40. The molecule has 8 amide bonds. The molecule has 0 unspecified atom stereocenters. The number of nitrogens with one attached hydrogen (secondary N) is 8. The summed E-state index contributed by atoms with van der Waals surface area (Å²) in [5, 5.41) is 100.0. The van der Waals surface area contributed by atoms with Gasteiger partial charge in [-0.15, -0.1) is 0 Å². The smallest absolute Gasteiger partial charge is 0.326 e. The van der Waals surface area contributed by atoms with E-state index in [0.29, 0.717) is 5.19 Å². The van der Waals surface area contributed by atoms with E-state index in [2.05, 4.69) is 31.9 Å². The number of nitrogens with zero attached hydrogens (tertiary/aromatic N) is 4. The number of hydrogen-bond acceptors (Lipinski definition) is 22. The number of amides is 8. The van der Waals surface area contributed by atoms with Crippen molar-refractivity contribution in [3.05, 3.63) is 29.8 Å². The van der Waals surface area contributed by atoms with Gasteiger partial charge in [0.15, 0.2) is 0 Å². The minimum Gasteiger partial charge on any atom is -0.549 e. The predicted molar refractivity (Wildman–Crippen MR) is 336 cm³/mol. The van der Waals surface area contributed by atoms with Gasteiger partial charge < -0.3 is 102 Å². The molecule has 37 heteroatoms. The Morgan fingerprint density at radius 2 is 0.814 bits per heavy atom. The van der Waals surface area contributed by atoms with Crippen molar-refractivity contribution in [2.75, 3.05) is 98.2 Å². The Morgan fingerprint density at radius 1 is 0.443 bits per heavy atom. The lowest BCUT2D eigenvalue weighted by Gasteiger charge is -2.44. The number of aliphatic carboxylic acids is 8. The van der Waals surface area contributed by atoms with Gasteiger partial charge in [-0.1, -0.05) is 53.7 Å². The van der Waals surface area contributed by atoms with Crippen LogP contribution >= 0.6 is 0 Å². The van der Waals surface area contributed by atoms with Gasteiger partial charge in [-0.2, -0.15) is 0 Å². The van der Waals surface area contributed by atoms with E-state index < -0.39 is 196 Å². The molecule has 1 aliphatic rings. The maximum absolute atomic E-state index is 17.1. The predicted octanol–water partition coefficient (Wildman–Crippen LogP) is -5.95. The highest BCUT2D eigenvalue weighted by molar-refractivity contribution is 6.90. The first-order chi connectivity index (χ1) is 45.2. The lowest BCUT2D eigenvalue weighted by Crippen LogP contribution is -2.58. The molecule has 1 aromatic carbocycles. The van der Waals surface area contributed by atoms with Crippen LogP contribution in [-0.4, -0.2) is 271 Å². The van der Waals surface area contributed by atoms with Crippen LogP contribution in [-0.2, 0) is 62.3 Å². The quantitative estimate of drug-likeness (QED) is 0.0165. The van der Waals surface area contributed by atoms with Crippen molar-refractivity contribution >= 4 is 103 Å². The number of hydrogen-bond donors (Lipinski definition) is 13. The molecule has 1 saturated heterocycles. The summed E-state index contributed by atoms with van der Waals surface area (Å²) < 4.78 is 17.1. The highest BCUT2D eigenvalue weighted by atomic mass is 28.4. The fraction of sp³-hybridized carbons (Fsp3) is 0.650. The molecular formula is C60H92FN12O23Si-3. The lowest BCUT2D eigenvalue weighted by atomic mass is 10.1. The molecule has 0 spiro atoms. The zero-order valence-electron chi connectivity index (χ0n) is 55.3. The number of carboxylic acid groups (broad SMARTS) is 8. The number of carbonyl (C=O) groups is 15. The SMILES string of the molecule is CC(C)(C)[Si](F)(c1ccc(C(=O)NC[C@H](NC(=O)CN2CCN(CC(=O)[O-])CCN(CC(=O)[O-])CCN(CC(=O)[O-])CC2)C(=O)N[C@H](CCCCNC(=O)CCC(=O)NCCC[C@@H](NC(=O)CC[C@H](NC(=O)N[C@@H](CCC(=O)O)C(=O)O)C(=O)O)C(=O)O)C(=O)O)cc1)C(C)(C)C. The summed E-state index contributed by atoms with van der Waals surface area (Å²) >= 11 is 0. The number of unbranched alkanes of at least 4 members (excludes halogenated alkanes) is 1. The molecule has 0 saturated carbocycles. The van der Waals surface area contributed by atoms with Crippen molar-refractivity contribution < 1.29 is 117 Å². The molecule has 13 N–H and O–H groups in total. The Morgan fingerprint density at radius 3 is 1.22 bits per heavy atom. The van der Waals surface area contributed by atoms with Crippen LogP contribution in [0.4, 0.5) is 8.90 Å². The van der Waals surface area contributed by atoms with Crippen molar-refractivity contribution in [2.24, 2.45) is 0 Å². The van der Waals surface area contributed by atoms with Crippen molar-refractivity contribution in [1.82, 2.24) is 62.1 Å². The Balaban J connectivity index is 2.11. The zero-order valence-corrected chi connectivity index (χ0v) is 56.3. The minimum atomic E-state index is -3.75. The molecule has 5 atom stereocenters. The maximum Gasteiger partial charge on any atom is 0.326 e. The van der Waals surface area contributed by atoms with E-state index in [0.717, 1.165) is 0 Å². The largest absolute Gasteiger partial charge is 0.549 e. The maximum atomic E-state index is 17.1. The van der Waals surface area contributed by atoms with Crippen LogP contribution in [0.5, 0.6) is 0 Å². The van der Waals surface area contributed by atoms with Crippen LogP contribution in [0.15, 0.2) is 24.3 Å². The normalized spacial score (nSPS) is 15.5. The Kier molecular flexibility index (Phi) is 35.8. The average molecular weight is 1400 g/mol. The highest BCUT2D eigenvalue weighted by Gasteiger charge is 2.56. The molecular weight excluding hydrogens is 1300 g/mol. The minimum absolute atomic E-state index is 0.00482. The second kappa shape index (κ2) is 41.2. The fourth-order valence-electron chi connectivity index (χ4n) is 10.7. The second-order valence-corrected chi connectivity index (χ2v) is 30.2. The Bertz CT molecular complexity index is 2870. The second-order valence-electron chi connectivity index (χ2n) is 25.4. The van der Waals surface area contributed by atoms with Gasteiger partial charge in [-0.25, -0.2) is 24.0 Å². The summed E-state index contributed by atoms with van der Waals surface area (Å²) in [5.74, 6) is -16.6. The number of benzene rings is 1. The molecule has 1 aromatic rings. The molecule has 0 bridgehead atoms. The first kappa shape index (κ1) is 84.1. The van der Waals surface area contributed by atoms with Crippen LogP contribution in [0.1, 0.15) is 123 Å². The Labute approximate surface area is 560 Å². The van der Waals surface area contributed by atoms with Crippen molar-refractivity contribution in [1.29, 1.82) is 0 Å². The first-order valence-electron chi connectivity index (χ1n) is 31.4. The molecule has 544 valence electrons. The average Bonchev–Trinajstić information content (AvgIpc) is 0.749. The summed E-state index contributed by atoms with van der Waals surface area (Å²) in [6.07, 6.45) is -3.09. The van der Waals surface area contributed by atoms with Crippen LogP contribution in [0, 0.1) is 0 Å². The van der Waals surface area contributed by atoms with E-state index in [1.165, 1.54) is 43.9 Å². The van der Waals surface area contributed by atoms with Crippen molar-refractivity contribution in [2.45, 2.75) is 152 Å². The summed E-state index contributed by atoms with van der Waals surface area (Å²) in [7, 11) is -3.75. The summed E-state index contributed by atoms with van der Waals surface area (Å²) in [5.41, 5.74) is 0.0635. The molecule has 0 aliphatic carbocycles. The van der Waals surface area contributed by atoms with Crippen molar-refractivity contribution in [3.63, 3.8) is 0 Å². The van der Waals surface area contributed by atoms with E-state index in [4.69, 9.17) is 5.11 Å². The standard InChI is InChI=1S/C60H95FN12O23Si/c1-59(2,3)97(61,60(4,5)6)38-14-12-37(13-15-38)52(86)64-32-43(66-47(77)33-70-24-26-71(34-49(80)81)28-30-73(36-51(84)85)31-29-72(27-25-70)35-50(82)83)53(87)67-40(55(90)91)10-7-8-22-62-44(74)19-20-45(75)63-23-9-11-39(54(88)89)65-46(76)18-16-41(56(92)93)68-58(96)69-42(57(94)95)17-21-48(78)79/h12-15,39-43H,7-11,16-36H2,1-6H3,(H,62,74)(H,63,75)(H,64,86)(H,65,76)(H,66,77)(H,67,87)(H,78,79)(H,80,81)(H,82,83)(H,84,85)(H,88,89)(H,90,91)(H,92,93)(H,94,95)(H2,68,69,96)/p-3/t39-,40-,41+,42+,43+/m1/s1. The van der Waals surface area contributed by atoms with Gasteiger partial charge in [-0.3, -0.25) is 53.2 Å². The monoisotopic (exact) mass is 1400 g/mol. The van der Waals surface area contributed by atoms with Crippen LogP contribution < -0.4 is 63.0 Å². The van der Waals surface area contributed by atoms with E-state index in [1.807, 2.05) is 52.2 Å². The number of carbonyl (C=O) groups excluding carboxylic acids is 10. The van der Waals surface area contributed by atoms with Gasteiger partial charge in [0.25, 0.3) is 14.3 Å². The fourth-order valence-corrected chi connectivity index (χ4v) is 15.3. The molecule has 97 heavy (non-hydrogen) atoms. The van der Waals surface area contributed by atoms with Gasteiger partial charge in [0, 0.05) is 123 Å². The Hall–Kier alpha value is -8.94. The number of halogens is 1. The summed E-state index contributed by atoms with van der Waals surface area (Å²) in [4.78, 5) is 191. The third-order valence-corrected chi connectivity index (χ3v) is 20.9.